The van der Waals surface area contributed by atoms with Crippen LogP contribution in [0.4, 0.5) is 0 Å². The molecule has 0 saturated carbocycles. The van der Waals surface area contributed by atoms with E-state index < -0.39 is 0 Å². The van der Waals surface area contributed by atoms with Crippen molar-refractivity contribution < 1.29 is 14.3 Å². The Morgan fingerprint density at radius 2 is 1.85 bits per heavy atom. The van der Waals surface area contributed by atoms with Crippen molar-refractivity contribution in [2.75, 3.05) is 5.75 Å². The van der Waals surface area contributed by atoms with Gasteiger partial charge in [-0.05, 0) is 56.4 Å². The van der Waals surface area contributed by atoms with Crippen molar-refractivity contribution in [3.8, 4) is 5.75 Å². The minimum Gasteiger partial charge on any atom is -0.486 e. The first kappa shape index (κ1) is 24.8. The summed E-state index contributed by atoms with van der Waals surface area (Å²) in [6, 6.07) is 8.05. The van der Waals surface area contributed by atoms with E-state index >= 15 is 0 Å². The Morgan fingerprint density at radius 1 is 1.15 bits per heavy atom. The zero-order valence-corrected chi connectivity index (χ0v) is 21.0. The molecule has 0 aliphatic heterocycles. The van der Waals surface area contributed by atoms with Crippen molar-refractivity contribution in [3.63, 3.8) is 0 Å². The lowest BCUT2D eigenvalue weighted by Gasteiger charge is -2.13. The quantitative estimate of drug-likeness (QED) is 0.307. The van der Waals surface area contributed by atoms with Gasteiger partial charge in [-0.1, -0.05) is 44.7 Å². The molecule has 0 saturated heterocycles. The lowest BCUT2D eigenvalue weighted by Crippen LogP contribution is -2.13. The zero-order chi connectivity index (χ0) is 24.1. The molecule has 0 aliphatic carbocycles. The summed E-state index contributed by atoms with van der Waals surface area (Å²) in [5, 5.41) is 9.34. The molecule has 0 bridgehead atoms. The molecule has 0 aliphatic rings. The summed E-state index contributed by atoms with van der Waals surface area (Å²) in [7, 11) is 0. The first-order valence-electron chi connectivity index (χ1n) is 11.2. The Labute approximate surface area is 199 Å². The molecule has 7 nitrogen and oxygen atoms in total. The highest BCUT2D eigenvalue weighted by atomic mass is 32.2. The van der Waals surface area contributed by atoms with Crippen molar-refractivity contribution in [1.29, 1.82) is 0 Å². The smallest absolute Gasteiger partial charge is 0.191 e. The normalized spacial score (nSPS) is 11.2. The van der Waals surface area contributed by atoms with Crippen LogP contribution in [0.3, 0.4) is 0 Å². The number of carbonyl (C=O) groups is 2. The number of thioether (sulfide) groups is 1. The van der Waals surface area contributed by atoms with Gasteiger partial charge in [-0.3, -0.25) is 9.59 Å². The van der Waals surface area contributed by atoms with Gasteiger partial charge in [0.2, 0.25) is 0 Å². The van der Waals surface area contributed by atoms with Crippen LogP contribution < -0.4 is 4.74 Å². The van der Waals surface area contributed by atoms with Crippen LogP contribution in [0.5, 0.6) is 5.75 Å². The standard InChI is InChI=1S/C25H32N4O3S/c1-7-19-8-10-20(11-9-19)32-13-22-27-28-25(29(22)12-15(2)3)33-14-21(31)24-16(4)23(18(6)30)17(5)26-24/h8-11,15,26H,7,12-14H2,1-6H3. The molecule has 0 radical (unpaired) electrons. The van der Waals surface area contributed by atoms with E-state index in [0.717, 1.165) is 30.2 Å². The fraction of sp³-hybridized carbons (Fsp3) is 0.440. The predicted octanol–water partition coefficient (Wildman–Crippen LogP) is 5.20. The molecule has 0 amide bonds. The van der Waals surface area contributed by atoms with Crippen molar-refractivity contribution in [1.82, 2.24) is 19.7 Å². The summed E-state index contributed by atoms with van der Waals surface area (Å²) in [6.45, 7) is 12.5. The third-order valence-corrected chi connectivity index (χ3v) is 6.41. The lowest BCUT2D eigenvalue weighted by molar-refractivity contribution is 0.101. The van der Waals surface area contributed by atoms with E-state index in [1.165, 1.54) is 24.2 Å². The van der Waals surface area contributed by atoms with Gasteiger partial charge in [0.15, 0.2) is 22.5 Å². The number of nitrogens with zero attached hydrogens (tertiary/aromatic N) is 3. The summed E-state index contributed by atoms with van der Waals surface area (Å²) in [4.78, 5) is 27.8. The third-order valence-electron chi connectivity index (χ3n) is 5.44. The Kier molecular flexibility index (Phi) is 8.13. The number of Topliss-reactive ketones (excluding diaryl/α,β-unsaturated/α-hetero) is 2. The number of ether oxygens (including phenoxy) is 1. The first-order chi connectivity index (χ1) is 15.7. The van der Waals surface area contributed by atoms with Crippen LogP contribution >= 0.6 is 11.8 Å². The number of H-pyrrole nitrogens is 1. The number of aromatic amines is 1. The van der Waals surface area contributed by atoms with E-state index in [1.807, 2.05) is 30.5 Å². The average Bonchev–Trinajstić information content (AvgIpc) is 3.29. The summed E-state index contributed by atoms with van der Waals surface area (Å²) in [6.07, 6.45) is 0.986. The summed E-state index contributed by atoms with van der Waals surface area (Å²) in [5.74, 6) is 1.98. The second-order valence-corrected chi connectivity index (χ2v) is 9.52. The molecule has 3 aromatic rings. The topological polar surface area (TPSA) is 89.9 Å². The molecule has 176 valence electrons. The second kappa shape index (κ2) is 10.8. The number of aromatic nitrogens is 4. The largest absolute Gasteiger partial charge is 0.486 e. The maximum atomic E-state index is 12.9. The number of ketones is 2. The van der Waals surface area contributed by atoms with Gasteiger partial charge < -0.3 is 14.3 Å². The molecular weight excluding hydrogens is 436 g/mol. The van der Waals surface area contributed by atoms with Crippen LogP contribution in [0.2, 0.25) is 0 Å². The highest BCUT2D eigenvalue weighted by molar-refractivity contribution is 7.99. The Balaban J connectivity index is 1.72. The number of rotatable bonds is 11. The minimum atomic E-state index is -0.0685. The first-order valence-corrected chi connectivity index (χ1v) is 12.2. The number of hydrogen-bond donors (Lipinski definition) is 1. The van der Waals surface area contributed by atoms with Gasteiger partial charge in [-0.15, -0.1) is 10.2 Å². The van der Waals surface area contributed by atoms with Gasteiger partial charge in [0, 0.05) is 17.8 Å². The fourth-order valence-electron chi connectivity index (χ4n) is 3.81. The van der Waals surface area contributed by atoms with Crippen LogP contribution in [0.25, 0.3) is 0 Å². The maximum absolute atomic E-state index is 12.9. The van der Waals surface area contributed by atoms with Crippen LogP contribution in [-0.2, 0) is 19.6 Å². The summed E-state index contributed by atoms with van der Waals surface area (Å²) in [5.41, 5.74) is 3.77. The van der Waals surface area contributed by atoms with Gasteiger partial charge in [0.25, 0.3) is 0 Å². The van der Waals surface area contributed by atoms with Crippen molar-refractivity contribution >= 4 is 23.3 Å². The molecule has 3 rings (SSSR count). The highest BCUT2D eigenvalue weighted by Crippen LogP contribution is 2.24. The molecule has 1 N–H and O–H groups in total. The summed E-state index contributed by atoms with van der Waals surface area (Å²) >= 11 is 1.35. The van der Waals surface area contributed by atoms with E-state index in [-0.39, 0.29) is 17.3 Å². The molecular formula is C25H32N4O3S. The van der Waals surface area contributed by atoms with Crippen LogP contribution in [-0.4, -0.2) is 37.1 Å². The highest BCUT2D eigenvalue weighted by Gasteiger charge is 2.21. The van der Waals surface area contributed by atoms with Crippen LogP contribution in [0, 0.1) is 19.8 Å². The van der Waals surface area contributed by atoms with Crippen molar-refractivity contribution in [2.45, 2.75) is 66.3 Å². The van der Waals surface area contributed by atoms with Crippen LogP contribution in [0.1, 0.15) is 71.2 Å². The molecule has 2 aromatic heterocycles. The number of hydrogen-bond acceptors (Lipinski definition) is 6. The lowest BCUT2D eigenvalue weighted by atomic mass is 10.1. The van der Waals surface area contributed by atoms with E-state index in [9.17, 15) is 9.59 Å². The van der Waals surface area contributed by atoms with E-state index in [0.29, 0.717) is 34.5 Å². The van der Waals surface area contributed by atoms with Gasteiger partial charge in [-0.25, -0.2) is 0 Å². The van der Waals surface area contributed by atoms with Gasteiger partial charge in [0.1, 0.15) is 12.4 Å². The number of carbonyl (C=O) groups excluding carboxylic acids is 2. The molecule has 0 fully saturated rings. The molecule has 2 heterocycles. The molecule has 0 unspecified atom stereocenters. The second-order valence-electron chi connectivity index (χ2n) is 8.58. The summed E-state index contributed by atoms with van der Waals surface area (Å²) < 4.78 is 7.96. The van der Waals surface area contributed by atoms with Gasteiger partial charge in [-0.2, -0.15) is 0 Å². The fourth-order valence-corrected chi connectivity index (χ4v) is 4.65. The molecule has 8 heteroatoms. The molecule has 0 atom stereocenters. The van der Waals surface area contributed by atoms with E-state index in [2.05, 4.69) is 48.1 Å². The third kappa shape index (κ3) is 5.93. The predicted molar refractivity (Wildman–Crippen MR) is 130 cm³/mol. The van der Waals surface area contributed by atoms with E-state index in [1.54, 1.807) is 0 Å². The van der Waals surface area contributed by atoms with Crippen LogP contribution in [0.15, 0.2) is 29.4 Å². The maximum Gasteiger partial charge on any atom is 0.191 e. The Bertz CT molecular complexity index is 1130. The minimum absolute atomic E-state index is 0.0430. The molecule has 33 heavy (non-hydrogen) atoms. The molecule has 1 aromatic carbocycles. The SMILES string of the molecule is CCc1ccc(OCc2nnc(SCC(=O)c3[nH]c(C)c(C(C)=O)c3C)n2CC(C)C)cc1. The average molecular weight is 469 g/mol. The number of benzene rings is 1. The Hall–Kier alpha value is -2.87. The van der Waals surface area contributed by atoms with E-state index in [4.69, 9.17) is 4.74 Å². The van der Waals surface area contributed by atoms with Crippen molar-refractivity contribution in [2.24, 2.45) is 5.92 Å². The zero-order valence-electron chi connectivity index (χ0n) is 20.2. The van der Waals surface area contributed by atoms with Gasteiger partial charge >= 0.3 is 0 Å². The number of aryl methyl sites for hydroxylation is 2. The molecule has 0 spiro atoms. The monoisotopic (exact) mass is 468 g/mol. The van der Waals surface area contributed by atoms with Crippen molar-refractivity contribution in [3.05, 3.63) is 58.2 Å². The Morgan fingerprint density at radius 3 is 2.42 bits per heavy atom. The number of nitrogens with one attached hydrogen (secondary N) is 1. The van der Waals surface area contributed by atoms with Gasteiger partial charge in [0.05, 0.1) is 11.4 Å².